The van der Waals surface area contributed by atoms with Crippen LogP contribution in [0.5, 0.6) is 5.75 Å². The van der Waals surface area contributed by atoms with E-state index in [1.807, 2.05) is 30.3 Å². The zero-order chi connectivity index (χ0) is 15.4. The highest BCUT2D eigenvalue weighted by atomic mass is 79.9. The second kappa shape index (κ2) is 6.97. The summed E-state index contributed by atoms with van der Waals surface area (Å²) < 4.78 is 6.54. The number of benzene rings is 2. The second-order valence-electron chi connectivity index (χ2n) is 5.48. The predicted octanol–water partition coefficient (Wildman–Crippen LogP) is 4.35. The fraction of sp³-hybridized carbons (Fsp3) is 0.278. The lowest BCUT2D eigenvalue weighted by molar-refractivity contribution is -0.118. The van der Waals surface area contributed by atoms with Crippen LogP contribution >= 0.6 is 15.9 Å². The van der Waals surface area contributed by atoms with Crippen LogP contribution in [-0.2, 0) is 17.6 Å². The molecular formula is C18H18BrNO2. The molecule has 0 atom stereocenters. The van der Waals surface area contributed by atoms with Crippen molar-refractivity contribution in [2.24, 2.45) is 0 Å². The van der Waals surface area contributed by atoms with Crippen molar-refractivity contribution < 1.29 is 9.53 Å². The fourth-order valence-corrected chi connectivity index (χ4v) is 3.11. The first-order valence-electron chi connectivity index (χ1n) is 7.51. The number of amides is 1. The molecule has 3 nitrogen and oxygen atoms in total. The molecule has 4 heteroatoms. The maximum Gasteiger partial charge on any atom is 0.262 e. The average Bonchev–Trinajstić information content (AvgIpc) is 2.53. The monoisotopic (exact) mass is 359 g/mol. The number of aryl methyl sites for hydroxylation is 2. The van der Waals surface area contributed by atoms with Gasteiger partial charge in [-0.2, -0.15) is 0 Å². The molecule has 1 aliphatic rings. The average molecular weight is 360 g/mol. The van der Waals surface area contributed by atoms with Crippen LogP contribution in [0.15, 0.2) is 46.9 Å². The van der Waals surface area contributed by atoms with Gasteiger partial charge in [0.2, 0.25) is 0 Å². The summed E-state index contributed by atoms with van der Waals surface area (Å²) in [6.45, 7) is 0.0191. The molecule has 0 aromatic heterocycles. The van der Waals surface area contributed by atoms with Crippen molar-refractivity contribution in [3.05, 3.63) is 58.1 Å². The van der Waals surface area contributed by atoms with Gasteiger partial charge in [0.15, 0.2) is 6.61 Å². The number of hydrogen-bond acceptors (Lipinski definition) is 2. The minimum atomic E-state index is -0.157. The Morgan fingerprint density at radius 1 is 1.09 bits per heavy atom. The molecule has 0 aliphatic heterocycles. The lowest BCUT2D eigenvalue weighted by atomic mass is 9.92. The maximum absolute atomic E-state index is 11.9. The molecule has 1 aliphatic carbocycles. The zero-order valence-corrected chi connectivity index (χ0v) is 13.9. The summed E-state index contributed by atoms with van der Waals surface area (Å²) in [7, 11) is 0. The summed E-state index contributed by atoms with van der Waals surface area (Å²) in [5.41, 5.74) is 3.53. The molecule has 2 aromatic rings. The molecule has 3 rings (SSSR count). The van der Waals surface area contributed by atoms with Gasteiger partial charge in [-0.05, 0) is 67.1 Å². The minimum Gasteiger partial charge on any atom is -0.484 e. The first-order valence-corrected chi connectivity index (χ1v) is 8.30. The second-order valence-corrected chi connectivity index (χ2v) is 6.40. The Hall–Kier alpha value is -1.81. The third-order valence-corrected chi connectivity index (χ3v) is 4.29. The van der Waals surface area contributed by atoms with Gasteiger partial charge in [0.1, 0.15) is 5.75 Å². The van der Waals surface area contributed by atoms with Crippen molar-refractivity contribution in [1.29, 1.82) is 0 Å². The van der Waals surface area contributed by atoms with E-state index in [9.17, 15) is 4.79 Å². The van der Waals surface area contributed by atoms with Gasteiger partial charge in [-0.3, -0.25) is 4.79 Å². The normalized spacial score (nSPS) is 13.3. The van der Waals surface area contributed by atoms with Crippen LogP contribution in [0.25, 0.3) is 0 Å². The Balaban J connectivity index is 1.57. The van der Waals surface area contributed by atoms with Gasteiger partial charge in [-0.1, -0.05) is 28.1 Å². The van der Waals surface area contributed by atoms with Gasteiger partial charge in [0.05, 0.1) is 0 Å². The zero-order valence-electron chi connectivity index (χ0n) is 12.3. The van der Waals surface area contributed by atoms with Gasteiger partial charge < -0.3 is 10.1 Å². The quantitative estimate of drug-likeness (QED) is 0.881. The minimum absolute atomic E-state index is 0.0191. The highest BCUT2D eigenvalue weighted by Crippen LogP contribution is 2.25. The fourth-order valence-electron chi connectivity index (χ4n) is 2.71. The number of fused-ring (bicyclic) bond motifs is 1. The van der Waals surface area contributed by atoms with Gasteiger partial charge in [-0.15, -0.1) is 0 Å². The van der Waals surface area contributed by atoms with E-state index in [4.69, 9.17) is 4.74 Å². The molecular weight excluding hydrogens is 342 g/mol. The molecule has 1 amide bonds. The Kier molecular flexibility index (Phi) is 4.78. The summed E-state index contributed by atoms with van der Waals surface area (Å²) in [5, 5.41) is 2.82. The topological polar surface area (TPSA) is 38.3 Å². The highest BCUT2D eigenvalue weighted by Gasteiger charge is 2.10. The first kappa shape index (κ1) is 15.1. The molecule has 0 radical (unpaired) electrons. The lowest BCUT2D eigenvalue weighted by Gasteiger charge is -2.16. The molecule has 0 unspecified atom stereocenters. The lowest BCUT2D eigenvalue weighted by Crippen LogP contribution is -2.20. The van der Waals surface area contributed by atoms with Crippen LogP contribution in [0.3, 0.4) is 0 Å². The number of halogens is 1. The molecule has 0 spiro atoms. The van der Waals surface area contributed by atoms with E-state index in [0.29, 0.717) is 0 Å². The maximum atomic E-state index is 11.9. The smallest absolute Gasteiger partial charge is 0.262 e. The summed E-state index contributed by atoms with van der Waals surface area (Å²) >= 11 is 3.38. The van der Waals surface area contributed by atoms with Crippen LogP contribution in [0, 0.1) is 0 Å². The Bertz CT molecular complexity index is 685. The van der Waals surface area contributed by atoms with Crippen molar-refractivity contribution in [2.45, 2.75) is 25.7 Å². The number of hydrogen-bond donors (Lipinski definition) is 1. The summed E-state index contributed by atoms with van der Waals surface area (Å²) in [4.78, 5) is 11.9. The molecule has 22 heavy (non-hydrogen) atoms. The number of nitrogens with one attached hydrogen (secondary N) is 1. The van der Waals surface area contributed by atoms with Crippen LogP contribution in [0.2, 0.25) is 0 Å². The number of rotatable bonds is 4. The summed E-state index contributed by atoms with van der Waals surface area (Å²) in [6.07, 6.45) is 4.76. The third kappa shape index (κ3) is 3.89. The molecule has 0 saturated heterocycles. The van der Waals surface area contributed by atoms with Gasteiger partial charge >= 0.3 is 0 Å². The molecule has 0 saturated carbocycles. The van der Waals surface area contributed by atoms with E-state index in [2.05, 4.69) is 33.4 Å². The van der Waals surface area contributed by atoms with Crippen molar-refractivity contribution in [3.63, 3.8) is 0 Å². The van der Waals surface area contributed by atoms with Crippen LogP contribution in [-0.4, -0.2) is 12.5 Å². The standard InChI is InChI=1S/C18H18BrNO2/c19-15-6-3-7-16(11-15)20-18(21)12-22-17-9-8-13-4-1-2-5-14(13)10-17/h3,6-11H,1-2,4-5,12H2,(H,20,21). The number of carbonyl (C=O) groups excluding carboxylic acids is 1. The Morgan fingerprint density at radius 2 is 1.91 bits per heavy atom. The molecule has 0 heterocycles. The van der Waals surface area contributed by atoms with E-state index < -0.39 is 0 Å². The number of ether oxygens (including phenoxy) is 1. The predicted molar refractivity (Wildman–Crippen MR) is 91.4 cm³/mol. The largest absolute Gasteiger partial charge is 0.484 e. The molecule has 0 fully saturated rings. The van der Waals surface area contributed by atoms with Crippen LogP contribution < -0.4 is 10.1 Å². The van der Waals surface area contributed by atoms with E-state index in [1.165, 1.54) is 24.0 Å². The third-order valence-electron chi connectivity index (χ3n) is 3.80. The molecule has 2 aromatic carbocycles. The molecule has 114 valence electrons. The van der Waals surface area contributed by atoms with Gasteiger partial charge in [0, 0.05) is 10.2 Å². The van der Waals surface area contributed by atoms with Crippen molar-refractivity contribution in [2.75, 3.05) is 11.9 Å². The molecule has 1 N–H and O–H groups in total. The van der Waals surface area contributed by atoms with Crippen LogP contribution in [0.1, 0.15) is 24.0 Å². The molecule has 0 bridgehead atoms. The van der Waals surface area contributed by atoms with Crippen LogP contribution in [0.4, 0.5) is 5.69 Å². The van der Waals surface area contributed by atoms with Gasteiger partial charge in [0.25, 0.3) is 5.91 Å². The summed E-state index contributed by atoms with van der Waals surface area (Å²) in [5.74, 6) is 0.612. The van der Waals surface area contributed by atoms with Crippen molar-refractivity contribution >= 4 is 27.5 Å². The Morgan fingerprint density at radius 3 is 2.73 bits per heavy atom. The van der Waals surface area contributed by atoms with E-state index in [-0.39, 0.29) is 12.5 Å². The van der Waals surface area contributed by atoms with Crippen molar-refractivity contribution in [3.8, 4) is 5.75 Å². The van der Waals surface area contributed by atoms with Gasteiger partial charge in [-0.25, -0.2) is 0 Å². The SMILES string of the molecule is O=C(COc1ccc2c(c1)CCCC2)Nc1cccc(Br)c1. The highest BCUT2D eigenvalue weighted by molar-refractivity contribution is 9.10. The Labute approximate surface area is 138 Å². The number of carbonyl (C=O) groups is 1. The van der Waals surface area contributed by atoms with E-state index in [1.54, 1.807) is 0 Å². The summed E-state index contributed by atoms with van der Waals surface area (Å²) in [6, 6.07) is 13.6. The number of anilines is 1. The van der Waals surface area contributed by atoms with Crippen molar-refractivity contribution in [1.82, 2.24) is 0 Å². The van der Waals surface area contributed by atoms with E-state index >= 15 is 0 Å². The van der Waals surface area contributed by atoms with E-state index in [0.717, 1.165) is 28.8 Å². The first-order chi connectivity index (χ1) is 10.7.